The number of aryl methyl sites for hydroxylation is 1. The van der Waals surface area contributed by atoms with Gasteiger partial charge in [-0.25, -0.2) is 9.37 Å². The van der Waals surface area contributed by atoms with Crippen LogP contribution in [0.1, 0.15) is 21.8 Å². The van der Waals surface area contributed by atoms with Gasteiger partial charge in [0.15, 0.2) is 5.76 Å². The first-order chi connectivity index (χ1) is 15.1. The molecule has 5 rings (SSSR count). The Bertz CT molecular complexity index is 1380. The van der Waals surface area contributed by atoms with E-state index in [1.54, 1.807) is 41.1 Å². The highest BCUT2D eigenvalue weighted by Crippen LogP contribution is 2.24. The molecule has 0 aliphatic carbocycles. The fourth-order valence-electron chi connectivity index (χ4n) is 3.50. The number of carbonyl (C=O) groups excluding carboxylic acids is 1. The predicted molar refractivity (Wildman–Crippen MR) is 114 cm³/mol. The molecule has 0 bridgehead atoms. The minimum Gasteiger partial charge on any atom is -0.459 e. The molecule has 0 spiro atoms. The number of aromatic nitrogens is 4. The van der Waals surface area contributed by atoms with Crippen LogP contribution >= 0.6 is 0 Å². The largest absolute Gasteiger partial charge is 0.459 e. The van der Waals surface area contributed by atoms with Crippen molar-refractivity contribution in [2.45, 2.75) is 13.5 Å². The van der Waals surface area contributed by atoms with Crippen LogP contribution in [0.3, 0.4) is 0 Å². The fraction of sp³-hybridized carbons (Fsp3) is 0.0870. The van der Waals surface area contributed by atoms with E-state index in [0.717, 1.165) is 11.0 Å². The monoisotopic (exact) mass is 415 g/mol. The predicted octanol–water partition coefficient (Wildman–Crippen LogP) is 4.56. The van der Waals surface area contributed by atoms with Crippen LogP contribution < -0.4 is 5.32 Å². The third-order valence-corrected chi connectivity index (χ3v) is 4.93. The van der Waals surface area contributed by atoms with Crippen LogP contribution in [-0.2, 0) is 6.54 Å². The minimum absolute atomic E-state index is 0.185. The summed E-state index contributed by atoms with van der Waals surface area (Å²) in [7, 11) is 0. The van der Waals surface area contributed by atoms with Crippen molar-refractivity contribution in [2.24, 2.45) is 0 Å². The number of carbonyl (C=O) groups is 1. The number of anilines is 1. The molecule has 0 saturated heterocycles. The van der Waals surface area contributed by atoms with Gasteiger partial charge in [0.1, 0.15) is 11.6 Å². The summed E-state index contributed by atoms with van der Waals surface area (Å²) in [5.74, 6) is 0.388. The maximum absolute atomic E-state index is 14.4. The van der Waals surface area contributed by atoms with Crippen molar-refractivity contribution in [3.8, 4) is 5.95 Å². The summed E-state index contributed by atoms with van der Waals surface area (Å²) < 4.78 is 23.0. The zero-order chi connectivity index (χ0) is 21.4. The SMILES string of the molecule is Cc1cc(NC(=O)c2ccco2)n(-c2nc3ccccc3n2Cc2ccccc2F)n1. The van der Waals surface area contributed by atoms with Crippen molar-refractivity contribution in [3.63, 3.8) is 0 Å². The average molecular weight is 415 g/mol. The molecule has 2 aromatic carbocycles. The Morgan fingerprint density at radius 2 is 1.90 bits per heavy atom. The fourth-order valence-corrected chi connectivity index (χ4v) is 3.50. The van der Waals surface area contributed by atoms with E-state index in [1.165, 1.54) is 12.3 Å². The molecule has 1 amide bonds. The quantitative estimate of drug-likeness (QED) is 0.456. The molecule has 7 nitrogen and oxygen atoms in total. The summed E-state index contributed by atoms with van der Waals surface area (Å²) in [4.78, 5) is 17.3. The molecular formula is C23H18FN5O2. The molecule has 0 fully saturated rings. The molecule has 1 N–H and O–H groups in total. The number of hydrogen-bond donors (Lipinski definition) is 1. The minimum atomic E-state index is -0.400. The average Bonchev–Trinajstić information content (AvgIpc) is 3.49. The number of furan rings is 1. The Balaban J connectivity index is 1.62. The molecule has 154 valence electrons. The van der Waals surface area contributed by atoms with Crippen molar-refractivity contribution < 1.29 is 13.6 Å². The van der Waals surface area contributed by atoms with Crippen molar-refractivity contribution >= 4 is 22.8 Å². The van der Waals surface area contributed by atoms with Gasteiger partial charge in [-0.05, 0) is 37.3 Å². The van der Waals surface area contributed by atoms with Gasteiger partial charge in [0, 0.05) is 11.6 Å². The van der Waals surface area contributed by atoms with E-state index in [1.807, 2.05) is 35.8 Å². The molecule has 0 radical (unpaired) electrons. The maximum Gasteiger partial charge on any atom is 0.292 e. The highest BCUT2D eigenvalue weighted by atomic mass is 19.1. The maximum atomic E-state index is 14.4. The zero-order valence-corrected chi connectivity index (χ0v) is 16.6. The van der Waals surface area contributed by atoms with Crippen LogP contribution in [0.4, 0.5) is 10.2 Å². The number of para-hydroxylation sites is 2. The van der Waals surface area contributed by atoms with Crippen molar-refractivity contribution in [1.82, 2.24) is 19.3 Å². The first kappa shape index (κ1) is 18.8. The van der Waals surface area contributed by atoms with Crippen LogP contribution in [0, 0.1) is 12.7 Å². The number of rotatable bonds is 5. The number of fused-ring (bicyclic) bond motifs is 1. The summed E-state index contributed by atoms with van der Waals surface area (Å²) in [5, 5.41) is 7.35. The number of hydrogen-bond acceptors (Lipinski definition) is 4. The number of benzene rings is 2. The van der Waals surface area contributed by atoms with Crippen LogP contribution in [-0.4, -0.2) is 25.2 Å². The topological polar surface area (TPSA) is 77.9 Å². The van der Waals surface area contributed by atoms with Gasteiger partial charge in [-0.3, -0.25) is 4.79 Å². The summed E-state index contributed by atoms with van der Waals surface area (Å²) in [5.41, 5.74) is 2.79. The Hall–Kier alpha value is -4.20. The number of imidazole rings is 1. The van der Waals surface area contributed by atoms with Gasteiger partial charge in [0.25, 0.3) is 5.91 Å². The van der Waals surface area contributed by atoms with Crippen molar-refractivity contribution in [3.05, 3.63) is 95.8 Å². The molecule has 0 saturated carbocycles. The van der Waals surface area contributed by atoms with Gasteiger partial charge in [-0.1, -0.05) is 30.3 Å². The van der Waals surface area contributed by atoms with E-state index in [2.05, 4.69) is 10.4 Å². The van der Waals surface area contributed by atoms with E-state index in [0.29, 0.717) is 23.0 Å². The lowest BCUT2D eigenvalue weighted by atomic mass is 10.2. The summed E-state index contributed by atoms with van der Waals surface area (Å²) in [6.07, 6.45) is 1.44. The normalized spacial score (nSPS) is 11.2. The van der Waals surface area contributed by atoms with Gasteiger partial charge in [-0.2, -0.15) is 9.78 Å². The third-order valence-electron chi connectivity index (χ3n) is 4.93. The van der Waals surface area contributed by atoms with Crippen LogP contribution in [0.2, 0.25) is 0 Å². The number of nitrogens with one attached hydrogen (secondary N) is 1. The van der Waals surface area contributed by atoms with Gasteiger partial charge in [0.05, 0.1) is 29.5 Å². The third kappa shape index (κ3) is 3.48. The van der Waals surface area contributed by atoms with Gasteiger partial charge in [-0.15, -0.1) is 0 Å². The summed E-state index contributed by atoms with van der Waals surface area (Å²) >= 11 is 0. The smallest absolute Gasteiger partial charge is 0.292 e. The molecule has 3 aromatic heterocycles. The molecule has 3 heterocycles. The van der Waals surface area contributed by atoms with Crippen LogP contribution in [0.25, 0.3) is 17.0 Å². The Kier molecular flexibility index (Phi) is 4.59. The van der Waals surface area contributed by atoms with Crippen molar-refractivity contribution in [1.29, 1.82) is 0 Å². The second kappa shape index (κ2) is 7.56. The molecule has 0 atom stereocenters. The molecule has 0 unspecified atom stereocenters. The van der Waals surface area contributed by atoms with E-state index < -0.39 is 5.91 Å². The summed E-state index contributed by atoms with van der Waals surface area (Å²) in [6.45, 7) is 2.08. The zero-order valence-electron chi connectivity index (χ0n) is 16.6. The molecule has 0 aliphatic heterocycles. The van der Waals surface area contributed by atoms with Gasteiger partial charge in [0.2, 0.25) is 5.95 Å². The number of nitrogens with zero attached hydrogens (tertiary/aromatic N) is 4. The standard InChI is InChI=1S/C23H18FN5O2/c1-15-13-21(26-22(30)20-11-6-12-31-20)29(27-15)23-25-18-9-4-5-10-19(18)28(23)14-16-7-2-3-8-17(16)24/h2-13H,14H2,1H3,(H,26,30). The first-order valence-electron chi connectivity index (χ1n) is 9.71. The molecule has 31 heavy (non-hydrogen) atoms. The van der Waals surface area contributed by atoms with Crippen molar-refractivity contribution in [2.75, 3.05) is 5.32 Å². The molecular weight excluding hydrogens is 397 g/mol. The van der Waals surface area contributed by atoms with E-state index in [4.69, 9.17) is 9.40 Å². The van der Waals surface area contributed by atoms with E-state index >= 15 is 0 Å². The lowest BCUT2D eigenvalue weighted by Gasteiger charge is -2.12. The first-order valence-corrected chi connectivity index (χ1v) is 9.71. The number of amides is 1. The highest BCUT2D eigenvalue weighted by molar-refractivity contribution is 6.01. The van der Waals surface area contributed by atoms with Crippen LogP contribution in [0.5, 0.6) is 0 Å². The van der Waals surface area contributed by atoms with E-state index in [9.17, 15) is 9.18 Å². The lowest BCUT2D eigenvalue weighted by molar-refractivity contribution is 0.0996. The number of halogens is 1. The molecule has 0 aliphatic rings. The Morgan fingerprint density at radius 3 is 2.71 bits per heavy atom. The second-order valence-electron chi connectivity index (χ2n) is 7.09. The second-order valence-corrected chi connectivity index (χ2v) is 7.09. The Labute approximate surface area is 176 Å². The summed E-state index contributed by atoms with van der Waals surface area (Å²) in [6, 6.07) is 19.2. The Morgan fingerprint density at radius 1 is 1.10 bits per heavy atom. The molecule has 8 heteroatoms. The highest BCUT2D eigenvalue weighted by Gasteiger charge is 2.20. The lowest BCUT2D eigenvalue weighted by Crippen LogP contribution is -2.17. The van der Waals surface area contributed by atoms with Crippen LogP contribution in [0.15, 0.2) is 77.4 Å². The van der Waals surface area contributed by atoms with E-state index in [-0.39, 0.29) is 18.1 Å². The van der Waals surface area contributed by atoms with Gasteiger partial charge < -0.3 is 14.3 Å². The van der Waals surface area contributed by atoms with Gasteiger partial charge >= 0.3 is 0 Å². The molecule has 5 aromatic rings.